The lowest BCUT2D eigenvalue weighted by Gasteiger charge is -2.37. The second-order valence-corrected chi connectivity index (χ2v) is 9.35. The molecule has 1 fully saturated rings. The third-order valence-corrected chi connectivity index (χ3v) is 7.50. The van der Waals surface area contributed by atoms with Gasteiger partial charge >= 0.3 is 0 Å². The molecule has 2 aliphatic carbocycles. The van der Waals surface area contributed by atoms with Gasteiger partial charge in [0.2, 0.25) is 5.13 Å². The van der Waals surface area contributed by atoms with Crippen molar-refractivity contribution in [1.29, 1.82) is 0 Å². The fourth-order valence-electron chi connectivity index (χ4n) is 4.08. The molecule has 2 atom stereocenters. The molecule has 126 valence electrons. The Bertz CT molecular complexity index is 793. The number of hydrogen-bond donors (Lipinski definition) is 2. The molecule has 0 amide bonds. The van der Waals surface area contributed by atoms with Gasteiger partial charge in [0.1, 0.15) is 0 Å². The lowest BCUT2D eigenvalue weighted by molar-refractivity contribution is 0.165. The fraction of sp³-hybridized carbons (Fsp3) is 0.421. The van der Waals surface area contributed by atoms with Crippen LogP contribution in [-0.2, 0) is 0 Å². The molecule has 2 N–H and O–H groups in total. The monoisotopic (exact) mass is 403 g/mol. The first kappa shape index (κ1) is 16.2. The fourth-order valence-corrected chi connectivity index (χ4v) is 5.02. The minimum atomic E-state index is 0.233. The van der Waals surface area contributed by atoms with Crippen molar-refractivity contribution in [2.75, 3.05) is 5.43 Å². The highest BCUT2D eigenvalue weighted by Crippen LogP contribution is 2.64. The van der Waals surface area contributed by atoms with Crippen molar-refractivity contribution in [3.05, 3.63) is 45.9 Å². The number of rotatable bonds is 4. The van der Waals surface area contributed by atoms with Crippen molar-refractivity contribution < 1.29 is 0 Å². The minimum absolute atomic E-state index is 0.233. The van der Waals surface area contributed by atoms with Crippen LogP contribution in [0.3, 0.4) is 0 Å². The Morgan fingerprint density at radius 1 is 1.17 bits per heavy atom. The van der Waals surface area contributed by atoms with Gasteiger partial charge in [-0.2, -0.15) is 0 Å². The Balaban J connectivity index is 1.46. The number of thiazole rings is 1. The van der Waals surface area contributed by atoms with Gasteiger partial charge in [0.15, 0.2) is 0 Å². The summed E-state index contributed by atoms with van der Waals surface area (Å²) in [6, 6.07) is 8.25. The van der Waals surface area contributed by atoms with Crippen LogP contribution in [0.25, 0.3) is 11.3 Å². The highest BCUT2D eigenvalue weighted by Gasteiger charge is 2.57. The number of fused-ring (bicyclic) bond motifs is 2. The average Bonchev–Trinajstić information content (AvgIpc) is 3.16. The van der Waals surface area contributed by atoms with Crippen LogP contribution >= 0.6 is 27.3 Å². The molecule has 2 aliphatic rings. The summed E-state index contributed by atoms with van der Waals surface area (Å²) in [5.41, 5.74) is 10.8. The zero-order valence-electron chi connectivity index (χ0n) is 14.2. The van der Waals surface area contributed by atoms with Gasteiger partial charge in [-0.3, -0.25) is 5.43 Å². The highest BCUT2D eigenvalue weighted by molar-refractivity contribution is 9.10. The van der Waals surface area contributed by atoms with Gasteiger partial charge in [0.05, 0.1) is 5.69 Å². The van der Waals surface area contributed by atoms with Crippen LogP contribution in [0.15, 0.2) is 45.9 Å². The van der Waals surface area contributed by atoms with Crippen LogP contribution in [-0.4, -0.2) is 4.98 Å². The van der Waals surface area contributed by atoms with Gasteiger partial charge in [0, 0.05) is 26.5 Å². The Hall–Kier alpha value is -1.33. The van der Waals surface area contributed by atoms with Gasteiger partial charge in [-0.05, 0) is 36.3 Å². The molecular formula is C19H22BrN3S. The first-order chi connectivity index (χ1) is 11.4. The van der Waals surface area contributed by atoms with Crippen LogP contribution in [0.2, 0.25) is 0 Å². The first-order valence-corrected chi connectivity index (χ1v) is 10.0. The summed E-state index contributed by atoms with van der Waals surface area (Å²) in [6.45, 7) is 7.17. The Kier molecular flexibility index (Phi) is 3.77. The molecule has 4 rings (SSSR count). The summed E-state index contributed by atoms with van der Waals surface area (Å²) in [6.07, 6.45) is 4.98. The number of anilines is 1. The Morgan fingerprint density at radius 2 is 1.92 bits per heavy atom. The number of halogens is 1. The summed E-state index contributed by atoms with van der Waals surface area (Å²) in [5, 5.41) is 2.99. The molecule has 1 aromatic heterocycles. The summed E-state index contributed by atoms with van der Waals surface area (Å²) in [4.78, 5) is 4.69. The van der Waals surface area contributed by atoms with Gasteiger partial charge < -0.3 is 5.43 Å². The quantitative estimate of drug-likeness (QED) is 0.630. The Labute approximate surface area is 155 Å². The summed E-state index contributed by atoms with van der Waals surface area (Å²) in [5.74, 6) is 0.682. The molecule has 5 heteroatoms. The third kappa shape index (κ3) is 2.40. The predicted molar refractivity (Wildman–Crippen MR) is 105 cm³/mol. The molecule has 2 bridgehead atoms. The van der Waals surface area contributed by atoms with E-state index in [1.807, 2.05) is 12.1 Å². The lowest BCUT2D eigenvalue weighted by Crippen LogP contribution is -2.37. The van der Waals surface area contributed by atoms with E-state index in [0.717, 1.165) is 20.9 Å². The van der Waals surface area contributed by atoms with Gasteiger partial charge in [-0.1, -0.05) is 54.9 Å². The predicted octanol–water partition coefficient (Wildman–Crippen LogP) is 5.83. The molecule has 0 radical (unpaired) electrons. The second kappa shape index (κ2) is 5.60. The number of allylic oxidation sites excluding steroid dienone is 2. The van der Waals surface area contributed by atoms with Crippen LogP contribution in [0, 0.1) is 16.7 Å². The van der Waals surface area contributed by atoms with Gasteiger partial charge in [0.25, 0.3) is 0 Å². The molecule has 1 saturated carbocycles. The Morgan fingerprint density at radius 3 is 2.54 bits per heavy atom. The molecule has 0 spiro atoms. The van der Waals surface area contributed by atoms with Crippen LogP contribution in [0.5, 0.6) is 0 Å². The smallest absolute Gasteiger partial charge is 0.202 e. The molecular weight excluding hydrogens is 382 g/mol. The van der Waals surface area contributed by atoms with Crippen molar-refractivity contribution in [2.45, 2.75) is 33.6 Å². The molecule has 3 nitrogen and oxygen atoms in total. The van der Waals surface area contributed by atoms with Gasteiger partial charge in [-0.25, -0.2) is 4.98 Å². The maximum absolute atomic E-state index is 4.69. The average molecular weight is 404 g/mol. The third-order valence-electron chi connectivity index (χ3n) is 6.22. The molecule has 0 aliphatic heterocycles. The van der Waals surface area contributed by atoms with E-state index in [4.69, 9.17) is 4.98 Å². The molecule has 0 saturated heterocycles. The maximum atomic E-state index is 4.69. The van der Waals surface area contributed by atoms with Crippen molar-refractivity contribution in [2.24, 2.45) is 16.7 Å². The maximum Gasteiger partial charge on any atom is 0.202 e. The molecule has 24 heavy (non-hydrogen) atoms. The summed E-state index contributed by atoms with van der Waals surface area (Å²) >= 11 is 5.10. The van der Waals surface area contributed by atoms with Crippen molar-refractivity contribution >= 4 is 32.4 Å². The highest BCUT2D eigenvalue weighted by atomic mass is 79.9. The number of benzene rings is 1. The zero-order valence-corrected chi connectivity index (χ0v) is 16.6. The number of aromatic nitrogens is 1. The van der Waals surface area contributed by atoms with Crippen LogP contribution in [0.1, 0.15) is 33.6 Å². The van der Waals surface area contributed by atoms with E-state index in [1.54, 1.807) is 11.3 Å². The first-order valence-electron chi connectivity index (χ1n) is 8.36. The zero-order chi connectivity index (χ0) is 16.9. The van der Waals surface area contributed by atoms with Crippen molar-refractivity contribution in [1.82, 2.24) is 10.4 Å². The summed E-state index contributed by atoms with van der Waals surface area (Å²) in [7, 11) is 0. The molecule has 1 aromatic carbocycles. The lowest BCUT2D eigenvalue weighted by atomic mass is 9.69. The topological polar surface area (TPSA) is 37.0 Å². The van der Waals surface area contributed by atoms with E-state index in [-0.39, 0.29) is 5.41 Å². The van der Waals surface area contributed by atoms with E-state index in [1.165, 1.54) is 18.5 Å². The number of nitrogens with zero attached hydrogens (tertiary/aromatic N) is 1. The minimum Gasteiger partial charge on any atom is -0.303 e. The molecule has 2 aromatic rings. The van der Waals surface area contributed by atoms with Crippen LogP contribution < -0.4 is 10.9 Å². The van der Waals surface area contributed by atoms with E-state index in [0.29, 0.717) is 11.3 Å². The number of hydrogen-bond acceptors (Lipinski definition) is 4. The van der Waals surface area contributed by atoms with Gasteiger partial charge in [-0.15, -0.1) is 11.3 Å². The largest absolute Gasteiger partial charge is 0.303 e. The van der Waals surface area contributed by atoms with Crippen LogP contribution in [0.4, 0.5) is 5.13 Å². The molecule has 0 unspecified atom stereocenters. The van der Waals surface area contributed by atoms with E-state index in [9.17, 15) is 0 Å². The van der Waals surface area contributed by atoms with E-state index >= 15 is 0 Å². The SMILES string of the molecule is CC1(C)[C@@H]2C=C(NNc3nc(-c4ccc(Br)cc4)cs3)[C@@]1(C)CC2. The number of hydrazine groups is 1. The normalized spacial score (nSPS) is 27.2. The van der Waals surface area contributed by atoms with E-state index < -0.39 is 0 Å². The second-order valence-electron chi connectivity index (χ2n) is 7.57. The number of nitrogens with one attached hydrogen (secondary N) is 2. The molecule has 1 heterocycles. The standard InChI is InChI=1S/C19H22BrN3S/c1-18(2)13-8-9-19(18,3)16(10-13)22-23-17-21-15(11-24-17)12-4-6-14(20)7-5-12/h4-7,10-11,13,22H,8-9H2,1-3H3,(H,21,23)/t13-,19+/m0/s1. The summed E-state index contributed by atoms with van der Waals surface area (Å²) < 4.78 is 1.08. The van der Waals surface area contributed by atoms with E-state index in [2.05, 4.69) is 71.1 Å². The van der Waals surface area contributed by atoms with Crippen molar-refractivity contribution in [3.8, 4) is 11.3 Å². The van der Waals surface area contributed by atoms with Crippen molar-refractivity contribution in [3.63, 3.8) is 0 Å².